The number of β-amino-alcohol motifs (C(OH)–C–C–N with tert-alkyl or cyclic N) is 1. The molecule has 15 heavy (non-hydrogen) atoms. The summed E-state index contributed by atoms with van der Waals surface area (Å²) >= 11 is 0. The second kappa shape index (κ2) is 4.21. The number of hydrogen-bond acceptors (Lipinski definition) is 3. The van der Waals surface area contributed by atoms with Gasteiger partial charge in [-0.1, -0.05) is 25.1 Å². The van der Waals surface area contributed by atoms with Gasteiger partial charge in [-0.3, -0.25) is 0 Å². The van der Waals surface area contributed by atoms with Crippen molar-refractivity contribution >= 4 is 0 Å². The fourth-order valence-electron chi connectivity index (χ4n) is 1.74. The molecule has 1 aliphatic rings. The van der Waals surface area contributed by atoms with Crippen LogP contribution >= 0.6 is 0 Å². The molecular formula is C12H17NO2. The van der Waals surface area contributed by atoms with Crippen molar-refractivity contribution in [2.24, 2.45) is 0 Å². The molecule has 1 aromatic carbocycles. The third-order valence-electron chi connectivity index (χ3n) is 2.68. The zero-order valence-electron chi connectivity index (χ0n) is 8.99. The molecule has 0 unspecified atom stereocenters. The Morgan fingerprint density at radius 1 is 1.40 bits per heavy atom. The lowest BCUT2D eigenvalue weighted by Gasteiger charge is -2.38. The van der Waals surface area contributed by atoms with Crippen LogP contribution in [0.25, 0.3) is 0 Å². The van der Waals surface area contributed by atoms with Crippen LogP contribution < -0.4 is 10.1 Å². The van der Waals surface area contributed by atoms with Gasteiger partial charge in [-0.15, -0.1) is 0 Å². The number of ether oxygens (including phenoxy) is 1. The summed E-state index contributed by atoms with van der Waals surface area (Å²) in [6.45, 7) is 3.99. The zero-order valence-corrected chi connectivity index (χ0v) is 8.99. The lowest BCUT2D eigenvalue weighted by molar-refractivity contribution is -0.0169. The van der Waals surface area contributed by atoms with Crippen LogP contribution in [0.2, 0.25) is 0 Å². The Kier molecular flexibility index (Phi) is 2.93. The molecular weight excluding hydrogens is 190 g/mol. The van der Waals surface area contributed by atoms with E-state index in [1.807, 2.05) is 24.3 Å². The zero-order chi connectivity index (χ0) is 10.7. The number of rotatable bonds is 4. The van der Waals surface area contributed by atoms with Crippen molar-refractivity contribution < 1.29 is 9.84 Å². The van der Waals surface area contributed by atoms with Crippen LogP contribution in [0.15, 0.2) is 24.3 Å². The normalized spacial score (nSPS) is 18.3. The molecule has 0 saturated carbocycles. The topological polar surface area (TPSA) is 41.5 Å². The number of benzene rings is 1. The van der Waals surface area contributed by atoms with E-state index in [4.69, 9.17) is 4.74 Å². The number of para-hydroxylation sites is 1. The minimum Gasteiger partial charge on any atom is -0.493 e. The highest BCUT2D eigenvalue weighted by atomic mass is 16.5. The summed E-state index contributed by atoms with van der Waals surface area (Å²) < 4.78 is 5.62. The van der Waals surface area contributed by atoms with Gasteiger partial charge >= 0.3 is 0 Å². The molecule has 2 N–H and O–H groups in total. The average molecular weight is 207 g/mol. The largest absolute Gasteiger partial charge is 0.493 e. The second-order valence-electron chi connectivity index (χ2n) is 3.98. The van der Waals surface area contributed by atoms with Crippen molar-refractivity contribution in [3.63, 3.8) is 0 Å². The summed E-state index contributed by atoms with van der Waals surface area (Å²) in [6, 6.07) is 7.72. The van der Waals surface area contributed by atoms with E-state index < -0.39 is 5.60 Å². The Labute approximate surface area is 90.1 Å². The van der Waals surface area contributed by atoms with Crippen molar-refractivity contribution in [2.45, 2.75) is 18.9 Å². The number of aliphatic hydroxyl groups is 1. The van der Waals surface area contributed by atoms with Crippen molar-refractivity contribution in [3.05, 3.63) is 29.8 Å². The Bertz CT molecular complexity index is 334. The highest BCUT2D eigenvalue weighted by molar-refractivity contribution is 5.40. The van der Waals surface area contributed by atoms with E-state index >= 15 is 0 Å². The molecule has 1 aromatic rings. The first-order chi connectivity index (χ1) is 7.26. The van der Waals surface area contributed by atoms with Crippen molar-refractivity contribution in [2.75, 3.05) is 19.7 Å². The molecule has 1 saturated heterocycles. The van der Waals surface area contributed by atoms with Gasteiger partial charge < -0.3 is 15.2 Å². The Hall–Kier alpha value is -1.06. The third kappa shape index (κ3) is 1.98. The maximum atomic E-state index is 10.2. The molecule has 0 aromatic heterocycles. The number of hydrogen-bond donors (Lipinski definition) is 2. The molecule has 0 amide bonds. The van der Waals surface area contributed by atoms with Crippen molar-refractivity contribution in [1.29, 1.82) is 0 Å². The monoisotopic (exact) mass is 207 g/mol. The second-order valence-corrected chi connectivity index (χ2v) is 3.98. The van der Waals surface area contributed by atoms with E-state index in [1.165, 1.54) is 0 Å². The van der Waals surface area contributed by atoms with Crippen LogP contribution in [0.3, 0.4) is 0 Å². The number of nitrogens with one attached hydrogen (secondary N) is 1. The highest BCUT2D eigenvalue weighted by Gasteiger charge is 2.38. The highest BCUT2D eigenvalue weighted by Crippen LogP contribution is 2.32. The van der Waals surface area contributed by atoms with Crippen LogP contribution in [0.1, 0.15) is 18.9 Å². The van der Waals surface area contributed by atoms with Gasteiger partial charge in [-0.2, -0.15) is 0 Å². The van der Waals surface area contributed by atoms with Gasteiger partial charge in [0.05, 0.1) is 6.61 Å². The summed E-state index contributed by atoms with van der Waals surface area (Å²) in [6.07, 6.45) is 0.977. The summed E-state index contributed by atoms with van der Waals surface area (Å²) in [4.78, 5) is 0. The van der Waals surface area contributed by atoms with Gasteiger partial charge in [-0.25, -0.2) is 0 Å². The van der Waals surface area contributed by atoms with Crippen LogP contribution in [-0.4, -0.2) is 24.8 Å². The molecule has 0 spiro atoms. The molecule has 1 aliphatic heterocycles. The van der Waals surface area contributed by atoms with E-state index in [2.05, 4.69) is 12.2 Å². The van der Waals surface area contributed by atoms with Gasteiger partial charge in [0.2, 0.25) is 0 Å². The van der Waals surface area contributed by atoms with E-state index in [0.717, 1.165) is 17.7 Å². The first-order valence-electron chi connectivity index (χ1n) is 5.42. The Morgan fingerprint density at radius 3 is 2.73 bits per heavy atom. The lowest BCUT2D eigenvalue weighted by atomic mass is 9.87. The maximum Gasteiger partial charge on any atom is 0.125 e. The molecule has 0 bridgehead atoms. The molecule has 3 nitrogen and oxygen atoms in total. The first kappa shape index (κ1) is 10.5. The SMILES string of the molecule is CCCOc1ccccc1C1(O)CNC1. The van der Waals surface area contributed by atoms with Crippen LogP contribution in [0, 0.1) is 0 Å². The summed E-state index contributed by atoms with van der Waals surface area (Å²) in [5.74, 6) is 0.809. The summed E-state index contributed by atoms with van der Waals surface area (Å²) in [5, 5.41) is 13.3. The molecule has 0 aliphatic carbocycles. The first-order valence-corrected chi connectivity index (χ1v) is 5.42. The molecule has 0 radical (unpaired) electrons. The summed E-state index contributed by atoms with van der Waals surface area (Å²) in [5.41, 5.74) is 0.168. The van der Waals surface area contributed by atoms with E-state index in [0.29, 0.717) is 19.7 Å². The summed E-state index contributed by atoms with van der Waals surface area (Å²) in [7, 11) is 0. The van der Waals surface area contributed by atoms with Crippen LogP contribution in [0.5, 0.6) is 5.75 Å². The molecule has 1 fully saturated rings. The molecule has 2 rings (SSSR count). The molecule has 3 heteroatoms. The minimum atomic E-state index is -0.732. The van der Waals surface area contributed by atoms with Gasteiger partial charge in [0.1, 0.15) is 11.4 Å². The van der Waals surface area contributed by atoms with E-state index in [1.54, 1.807) is 0 Å². The molecule has 1 heterocycles. The fourth-order valence-corrected chi connectivity index (χ4v) is 1.74. The lowest BCUT2D eigenvalue weighted by Crippen LogP contribution is -2.56. The molecule has 82 valence electrons. The Morgan fingerprint density at radius 2 is 2.13 bits per heavy atom. The van der Waals surface area contributed by atoms with E-state index in [-0.39, 0.29) is 0 Å². The predicted molar refractivity (Wildman–Crippen MR) is 59.0 cm³/mol. The average Bonchev–Trinajstić information content (AvgIpc) is 2.23. The third-order valence-corrected chi connectivity index (χ3v) is 2.68. The van der Waals surface area contributed by atoms with Gasteiger partial charge in [0.25, 0.3) is 0 Å². The minimum absolute atomic E-state index is 0.611. The van der Waals surface area contributed by atoms with Gasteiger partial charge in [-0.05, 0) is 12.5 Å². The molecule has 0 atom stereocenters. The van der Waals surface area contributed by atoms with Crippen LogP contribution in [0.4, 0.5) is 0 Å². The fraction of sp³-hybridized carbons (Fsp3) is 0.500. The maximum absolute atomic E-state index is 10.2. The van der Waals surface area contributed by atoms with Crippen LogP contribution in [-0.2, 0) is 5.60 Å². The van der Waals surface area contributed by atoms with Crippen molar-refractivity contribution in [3.8, 4) is 5.75 Å². The van der Waals surface area contributed by atoms with Gasteiger partial charge in [0.15, 0.2) is 0 Å². The smallest absolute Gasteiger partial charge is 0.125 e. The van der Waals surface area contributed by atoms with E-state index in [9.17, 15) is 5.11 Å². The predicted octanol–water partition coefficient (Wildman–Crippen LogP) is 1.27. The quantitative estimate of drug-likeness (QED) is 0.781. The van der Waals surface area contributed by atoms with Gasteiger partial charge in [0, 0.05) is 18.7 Å². The standard InChI is InChI=1S/C12H17NO2/c1-2-7-15-11-6-4-3-5-10(11)12(14)8-13-9-12/h3-6,13-14H,2,7-9H2,1H3. The Balaban J connectivity index is 2.21. The van der Waals surface area contributed by atoms with Crippen molar-refractivity contribution in [1.82, 2.24) is 5.32 Å².